The molecule has 0 fully saturated rings. The van der Waals surface area contributed by atoms with Crippen molar-refractivity contribution in [2.75, 3.05) is 11.9 Å². The zero-order valence-electron chi connectivity index (χ0n) is 19.4. The molecule has 0 spiro atoms. The van der Waals surface area contributed by atoms with E-state index in [0.717, 1.165) is 28.8 Å². The summed E-state index contributed by atoms with van der Waals surface area (Å²) in [7, 11) is 0. The second-order valence-electron chi connectivity index (χ2n) is 8.48. The Kier molecular flexibility index (Phi) is 6.78. The zero-order valence-corrected chi connectivity index (χ0v) is 19.4. The van der Waals surface area contributed by atoms with Crippen molar-refractivity contribution in [1.82, 2.24) is 4.90 Å². The molecule has 2 atom stereocenters. The Balaban J connectivity index is 1.58. The van der Waals surface area contributed by atoms with Crippen LogP contribution in [0.2, 0.25) is 0 Å². The van der Waals surface area contributed by atoms with Crippen LogP contribution >= 0.6 is 0 Å². The standard InChI is InChI=1S/C28H30N2O3/c1-4-26(31)30-17-16-21-12-15-24(18-25(21)27(30)22-8-6-5-7-9-22)33-20(3)28(32)29-23-13-10-19(2)11-14-23/h5-15,18,20,27H,4,16-17H2,1-3H3,(H,29,32). The summed E-state index contributed by atoms with van der Waals surface area (Å²) in [6.45, 7) is 6.33. The molecule has 1 aliphatic heterocycles. The summed E-state index contributed by atoms with van der Waals surface area (Å²) in [6, 6.07) is 23.5. The van der Waals surface area contributed by atoms with Crippen molar-refractivity contribution in [2.24, 2.45) is 0 Å². The van der Waals surface area contributed by atoms with E-state index in [9.17, 15) is 9.59 Å². The van der Waals surface area contributed by atoms with E-state index in [1.54, 1.807) is 6.92 Å². The minimum absolute atomic E-state index is 0.131. The van der Waals surface area contributed by atoms with Gasteiger partial charge in [-0.3, -0.25) is 9.59 Å². The number of aryl methyl sites for hydroxylation is 1. The summed E-state index contributed by atoms with van der Waals surface area (Å²) in [5.74, 6) is 0.540. The third-order valence-corrected chi connectivity index (χ3v) is 6.08. The summed E-state index contributed by atoms with van der Waals surface area (Å²) in [5, 5.41) is 2.90. The van der Waals surface area contributed by atoms with Gasteiger partial charge in [0.05, 0.1) is 6.04 Å². The van der Waals surface area contributed by atoms with E-state index in [1.807, 2.05) is 73.3 Å². The normalized spacial score (nSPS) is 16.0. The first kappa shape index (κ1) is 22.6. The summed E-state index contributed by atoms with van der Waals surface area (Å²) >= 11 is 0. The lowest BCUT2D eigenvalue weighted by Gasteiger charge is -2.38. The maximum Gasteiger partial charge on any atom is 0.265 e. The van der Waals surface area contributed by atoms with Crippen LogP contribution in [-0.4, -0.2) is 29.4 Å². The van der Waals surface area contributed by atoms with Gasteiger partial charge in [0.1, 0.15) is 5.75 Å². The maximum absolute atomic E-state index is 12.7. The molecule has 2 unspecified atom stereocenters. The van der Waals surface area contributed by atoms with Crippen LogP contribution in [0.25, 0.3) is 0 Å². The van der Waals surface area contributed by atoms with E-state index in [2.05, 4.69) is 23.5 Å². The molecule has 170 valence electrons. The monoisotopic (exact) mass is 442 g/mol. The molecule has 2 amide bonds. The summed E-state index contributed by atoms with van der Waals surface area (Å²) in [5.41, 5.74) is 5.20. The van der Waals surface area contributed by atoms with Gasteiger partial charge in [-0.15, -0.1) is 0 Å². The molecule has 1 heterocycles. The number of anilines is 1. The predicted molar refractivity (Wildman–Crippen MR) is 130 cm³/mol. The van der Waals surface area contributed by atoms with Crippen LogP contribution in [0.1, 0.15) is 48.6 Å². The van der Waals surface area contributed by atoms with Crippen LogP contribution < -0.4 is 10.1 Å². The SMILES string of the molecule is CCC(=O)N1CCc2ccc(OC(C)C(=O)Nc3ccc(C)cc3)cc2C1c1ccccc1. The third-order valence-electron chi connectivity index (χ3n) is 6.08. The molecule has 3 aromatic carbocycles. The van der Waals surface area contributed by atoms with Gasteiger partial charge in [-0.05, 0) is 61.2 Å². The fraction of sp³-hybridized carbons (Fsp3) is 0.286. The van der Waals surface area contributed by atoms with Gasteiger partial charge < -0.3 is 15.0 Å². The molecule has 0 saturated heterocycles. The highest BCUT2D eigenvalue weighted by atomic mass is 16.5. The van der Waals surface area contributed by atoms with Crippen molar-refractivity contribution in [2.45, 2.75) is 45.8 Å². The Hall–Kier alpha value is -3.60. The van der Waals surface area contributed by atoms with Crippen LogP contribution in [0.5, 0.6) is 5.75 Å². The maximum atomic E-state index is 12.7. The van der Waals surface area contributed by atoms with E-state index in [0.29, 0.717) is 18.7 Å². The highest BCUT2D eigenvalue weighted by molar-refractivity contribution is 5.94. The molecular weight excluding hydrogens is 412 g/mol. The van der Waals surface area contributed by atoms with Gasteiger partial charge in [-0.25, -0.2) is 0 Å². The highest BCUT2D eigenvalue weighted by Crippen LogP contribution is 2.37. The number of hydrogen-bond donors (Lipinski definition) is 1. The van der Waals surface area contributed by atoms with E-state index >= 15 is 0 Å². The topological polar surface area (TPSA) is 58.6 Å². The van der Waals surface area contributed by atoms with Crippen LogP contribution in [-0.2, 0) is 16.0 Å². The molecule has 0 bridgehead atoms. The Bertz CT molecular complexity index is 1130. The third kappa shape index (κ3) is 5.08. The second kappa shape index (κ2) is 9.90. The van der Waals surface area contributed by atoms with Gasteiger partial charge in [0.2, 0.25) is 5.91 Å². The number of nitrogens with one attached hydrogen (secondary N) is 1. The lowest BCUT2D eigenvalue weighted by Crippen LogP contribution is -2.40. The molecule has 3 aromatic rings. The van der Waals surface area contributed by atoms with Gasteiger partial charge >= 0.3 is 0 Å². The van der Waals surface area contributed by atoms with Gasteiger partial charge in [0, 0.05) is 18.7 Å². The van der Waals surface area contributed by atoms with Crippen LogP contribution in [0, 0.1) is 6.92 Å². The van der Waals surface area contributed by atoms with Crippen molar-refractivity contribution >= 4 is 17.5 Å². The first-order valence-corrected chi connectivity index (χ1v) is 11.5. The molecule has 5 nitrogen and oxygen atoms in total. The van der Waals surface area contributed by atoms with E-state index in [4.69, 9.17) is 4.74 Å². The number of hydrogen-bond acceptors (Lipinski definition) is 3. The lowest BCUT2D eigenvalue weighted by atomic mass is 9.87. The Morgan fingerprint density at radius 1 is 1.06 bits per heavy atom. The first-order valence-electron chi connectivity index (χ1n) is 11.5. The van der Waals surface area contributed by atoms with Crippen LogP contribution in [0.15, 0.2) is 72.8 Å². The molecular formula is C28H30N2O3. The van der Waals surface area contributed by atoms with Crippen molar-refractivity contribution in [1.29, 1.82) is 0 Å². The molecule has 0 saturated carbocycles. The summed E-state index contributed by atoms with van der Waals surface area (Å²) < 4.78 is 6.03. The Labute approximate surface area is 195 Å². The number of ether oxygens (including phenoxy) is 1. The van der Waals surface area contributed by atoms with Crippen molar-refractivity contribution in [3.63, 3.8) is 0 Å². The Morgan fingerprint density at radius 3 is 2.48 bits per heavy atom. The number of rotatable bonds is 6. The summed E-state index contributed by atoms with van der Waals surface area (Å²) in [4.78, 5) is 27.4. The minimum Gasteiger partial charge on any atom is -0.481 e. The number of carbonyl (C=O) groups is 2. The average molecular weight is 443 g/mol. The van der Waals surface area contributed by atoms with Crippen LogP contribution in [0.4, 0.5) is 5.69 Å². The fourth-order valence-corrected chi connectivity index (χ4v) is 4.27. The molecule has 5 heteroatoms. The molecule has 0 aliphatic carbocycles. The van der Waals surface area contributed by atoms with Crippen molar-refractivity contribution in [3.05, 3.63) is 95.1 Å². The van der Waals surface area contributed by atoms with E-state index in [-0.39, 0.29) is 17.9 Å². The van der Waals surface area contributed by atoms with E-state index < -0.39 is 6.10 Å². The molecule has 4 rings (SSSR count). The highest BCUT2D eigenvalue weighted by Gasteiger charge is 2.31. The number of carbonyl (C=O) groups excluding carboxylic acids is 2. The molecule has 33 heavy (non-hydrogen) atoms. The fourth-order valence-electron chi connectivity index (χ4n) is 4.27. The van der Waals surface area contributed by atoms with E-state index in [1.165, 1.54) is 5.56 Å². The van der Waals surface area contributed by atoms with Gasteiger partial charge in [-0.1, -0.05) is 61.0 Å². The molecule has 1 N–H and O–H groups in total. The number of benzene rings is 3. The van der Waals surface area contributed by atoms with Crippen molar-refractivity contribution in [3.8, 4) is 5.75 Å². The number of nitrogens with zero attached hydrogens (tertiary/aromatic N) is 1. The van der Waals surface area contributed by atoms with Crippen LogP contribution in [0.3, 0.4) is 0 Å². The molecule has 0 aromatic heterocycles. The van der Waals surface area contributed by atoms with Gasteiger partial charge in [0.15, 0.2) is 6.10 Å². The lowest BCUT2D eigenvalue weighted by molar-refractivity contribution is -0.133. The zero-order chi connectivity index (χ0) is 23.4. The predicted octanol–water partition coefficient (Wildman–Crippen LogP) is 5.29. The quantitative estimate of drug-likeness (QED) is 0.565. The minimum atomic E-state index is -0.670. The summed E-state index contributed by atoms with van der Waals surface area (Å²) in [6.07, 6.45) is 0.593. The number of amides is 2. The second-order valence-corrected chi connectivity index (χ2v) is 8.48. The molecule has 0 radical (unpaired) electrons. The molecule has 1 aliphatic rings. The van der Waals surface area contributed by atoms with Gasteiger partial charge in [0.25, 0.3) is 5.91 Å². The first-order chi connectivity index (χ1) is 16.0. The van der Waals surface area contributed by atoms with Gasteiger partial charge in [-0.2, -0.15) is 0 Å². The smallest absolute Gasteiger partial charge is 0.265 e. The average Bonchev–Trinajstić information content (AvgIpc) is 2.84. The largest absolute Gasteiger partial charge is 0.481 e. The number of fused-ring (bicyclic) bond motifs is 1. The Morgan fingerprint density at radius 2 is 1.79 bits per heavy atom. The van der Waals surface area contributed by atoms with Crippen molar-refractivity contribution < 1.29 is 14.3 Å².